The molecule has 3 rings (SSSR count). The van der Waals surface area contributed by atoms with E-state index in [0.29, 0.717) is 5.69 Å². The number of anilines is 1. The minimum atomic E-state index is -5.01. The van der Waals surface area contributed by atoms with Crippen molar-refractivity contribution in [2.45, 2.75) is 75.2 Å². The van der Waals surface area contributed by atoms with Crippen LogP contribution in [-0.2, 0) is 14.8 Å². The van der Waals surface area contributed by atoms with E-state index in [1.807, 2.05) is 0 Å². The molecule has 0 aromatic heterocycles. The van der Waals surface area contributed by atoms with E-state index in [1.54, 1.807) is 6.92 Å². The Balaban J connectivity index is 1.66. The molecule has 0 saturated heterocycles. The molecule has 1 aliphatic carbocycles. The van der Waals surface area contributed by atoms with Crippen molar-refractivity contribution in [3.63, 3.8) is 0 Å². The molecule has 1 fully saturated rings. The summed E-state index contributed by atoms with van der Waals surface area (Å²) in [7, 11) is -4.41. The highest BCUT2D eigenvalue weighted by Gasteiger charge is 2.33. The van der Waals surface area contributed by atoms with Crippen LogP contribution in [0.5, 0.6) is 11.5 Å². The van der Waals surface area contributed by atoms with Crippen LogP contribution in [0.15, 0.2) is 53.4 Å². The van der Waals surface area contributed by atoms with Gasteiger partial charge in [-0.2, -0.15) is 4.72 Å². The number of benzene rings is 2. The fourth-order valence-corrected chi connectivity index (χ4v) is 5.74. The highest BCUT2D eigenvalue weighted by molar-refractivity contribution is 7.89. The van der Waals surface area contributed by atoms with Gasteiger partial charge in [0.2, 0.25) is 15.9 Å². The fourth-order valence-electron chi connectivity index (χ4n) is 4.50. The normalized spacial score (nSPS) is 16.5. The van der Waals surface area contributed by atoms with Gasteiger partial charge in [-0.05, 0) is 55.7 Å². The van der Waals surface area contributed by atoms with Gasteiger partial charge in [0.1, 0.15) is 17.5 Å². The molecule has 0 aliphatic heterocycles. The van der Waals surface area contributed by atoms with Crippen LogP contribution in [0.1, 0.15) is 45.4 Å². The lowest BCUT2D eigenvalue weighted by atomic mass is 9.85. The van der Waals surface area contributed by atoms with Crippen molar-refractivity contribution >= 4 is 21.6 Å². The minimum absolute atomic E-state index is 0.0768. The lowest BCUT2D eigenvalue weighted by molar-refractivity contribution is -0.275. The molecule has 41 heavy (non-hydrogen) atoms. The maximum atomic E-state index is 13.2. The van der Waals surface area contributed by atoms with Crippen molar-refractivity contribution < 1.29 is 49.0 Å². The number of rotatable bonds is 12. The number of amides is 1. The second-order valence-corrected chi connectivity index (χ2v) is 11.5. The molecule has 2 atom stereocenters. The van der Waals surface area contributed by atoms with Gasteiger partial charge in [-0.3, -0.25) is 4.79 Å². The van der Waals surface area contributed by atoms with Gasteiger partial charge < -0.3 is 20.1 Å². The van der Waals surface area contributed by atoms with Gasteiger partial charge in [0.25, 0.3) is 0 Å². The van der Waals surface area contributed by atoms with Gasteiger partial charge in [-0.1, -0.05) is 38.2 Å². The molecule has 1 saturated carbocycles. The number of hydrogen-bond donors (Lipinski definition) is 3. The fraction of sp³-hybridized carbons (Fsp3) is 0.500. The Kier molecular flexibility index (Phi) is 10.8. The highest BCUT2D eigenvalue weighted by Crippen LogP contribution is 2.29. The summed E-state index contributed by atoms with van der Waals surface area (Å²) >= 11 is 0. The van der Waals surface area contributed by atoms with Crippen molar-refractivity contribution in [3.8, 4) is 11.5 Å². The number of alkyl halides is 6. The molecule has 2 aromatic rings. The zero-order valence-electron chi connectivity index (χ0n) is 22.0. The summed E-state index contributed by atoms with van der Waals surface area (Å²) in [5.74, 6) is -1.65. The van der Waals surface area contributed by atoms with E-state index in [2.05, 4.69) is 24.8 Å². The van der Waals surface area contributed by atoms with Crippen molar-refractivity contribution in [2.24, 2.45) is 5.92 Å². The first-order chi connectivity index (χ1) is 19.1. The maximum absolute atomic E-state index is 13.2. The second-order valence-electron chi connectivity index (χ2n) is 9.80. The lowest BCUT2D eigenvalue weighted by Gasteiger charge is -2.27. The molecule has 1 amide bonds. The quantitative estimate of drug-likeness (QED) is 0.265. The number of carbonyl (C=O) groups is 1. The van der Waals surface area contributed by atoms with E-state index >= 15 is 0 Å². The van der Waals surface area contributed by atoms with E-state index in [1.165, 1.54) is 12.1 Å². The van der Waals surface area contributed by atoms with Crippen LogP contribution in [0, 0.1) is 5.92 Å². The van der Waals surface area contributed by atoms with E-state index in [9.17, 15) is 39.6 Å². The highest BCUT2D eigenvalue weighted by atomic mass is 32.2. The summed E-state index contributed by atoms with van der Waals surface area (Å²) in [4.78, 5) is 12.7. The molecule has 228 valence electrons. The molecular formula is C26H31F6N3O5S. The zero-order valence-corrected chi connectivity index (χ0v) is 22.8. The van der Waals surface area contributed by atoms with Gasteiger partial charge in [-0.15, -0.1) is 26.3 Å². The van der Waals surface area contributed by atoms with E-state index in [-0.39, 0.29) is 18.9 Å². The average molecular weight is 612 g/mol. The van der Waals surface area contributed by atoms with Crippen molar-refractivity contribution in [2.75, 3.05) is 11.9 Å². The van der Waals surface area contributed by atoms with Gasteiger partial charge in [0.05, 0.1) is 4.90 Å². The first-order valence-electron chi connectivity index (χ1n) is 12.9. The second kappa shape index (κ2) is 13.6. The van der Waals surface area contributed by atoms with Gasteiger partial charge in [0, 0.05) is 24.3 Å². The Hall–Kier alpha value is -3.20. The SMILES string of the molecule is CC(CNc1ccc(OC(F)(F)F)cc1)NC(=O)[C@H](CC1CCCCC1)NS(=O)(=O)c1cccc(OC(F)(F)F)c1. The van der Waals surface area contributed by atoms with Gasteiger partial charge in [0.15, 0.2) is 0 Å². The number of hydrogen-bond acceptors (Lipinski definition) is 6. The molecule has 0 radical (unpaired) electrons. The maximum Gasteiger partial charge on any atom is 0.573 e. The van der Waals surface area contributed by atoms with E-state index in [4.69, 9.17) is 0 Å². The molecule has 2 aromatic carbocycles. The molecule has 3 N–H and O–H groups in total. The lowest BCUT2D eigenvalue weighted by Crippen LogP contribution is -2.51. The van der Waals surface area contributed by atoms with Gasteiger partial charge in [-0.25, -0.2) is 8.42 Å². The summed E-state index contributed by atoms with van der Waals surface area (Å²) in [5.41, 5.74) is 0.459. The zero-order chi connectivity index (χ0) is 30.3. The third kappa shape index (κ3) is 11.3. The van der Waals surface area contributed by atoms with Crippen LogP contribution < -0.4 is 24.8 Å². The molecular weight excluding hydrogens is 580 g/mol. The molecule has 1 unspecified atom stereocenters. The first kappa shape index (κ1) is 32.3. The molecule has 0 heterocycles. The molecule has 8 nitrogen and oxygen atoms in total. The molecule has 15 heteroatoms. The predicted octanol–water partition coefficient (Wildman–Crippen LogP) is 5.72. The van der Waals surface area contributed by atoms with Crippen LogP contribution in [0.3, 0.4) is 0 Å². The predicted molar refractivity (Wildman–Crippen MR) is 138 cm³/mol. The average Bonchev–Trinajstić information content (AvgIpc) is 2.86. The summed E-state index contributed by atoms with van der Waals surface area (Å²) < 4.78 is 111. The monoisotopic (exact) mass is 611 g/mol. The Morgan fingerprint density at radius 2 is 1.54 bits per heavy atom. The number of sulfonamides is 1. The number of ether oxygens (including phenoxy) is 2. The van der Waals surface area contributed by atoms with E-state index < -0.39 is 57.1 Å². The summed E-state index contributed by atoms with van der Waals surface area (Å²) in [6.07, 6.45) is -5.09. The summed E-state index contributed by atoms with van der Waals surface area (Å²) in [6, 6.07) is 7.14. The Morgan fingerprint density at radius 1 is 0.927 bits per heavy atom. The Labute approximate surface area is 233 Å². The molecule has 0 bridgehead atoms. The Bertz CT molecular complexity index is 1250. The first-order valence-corrected chi connectivity index (χ1v) is 14.4. The third-order valence-electron chi connectivity index (χ3n) is 6.35. The largest absolute Gasteiger partial charge is 0.573 e. The van der Waals surface area contributed by atoms with Crippen LogP contribution in [0.25, 0.3) is 0 Å². The third-order valence-corrected chi connectivity index (χ3v) is 7.82. The standard InChI is InChI=1S/C26H31F6N3O5S/c1-17(16-33-19-10-12-20(13-11-19)39-25(27,28)29)34-24(36)23(14-18-6-3-2-4-7-18)35-41(37,38)22-9-5-8-21(15-22)40-26(30,31)32/h5,8-13,15,17-18,23,33,35H,2-4,6-7,14,16H2,1H3,(H,34,36)/t17?,23-/m0/s1. The number of nitrogens with one attached hydrogen (secondary N) is 3. The number of carbonyl (C=O) groups excluding carboxylic acids is 1. The minimum Gasteiger partial charge on any atom is -0.406 e. The van der Waals surface area contributed by atoms with Crippen LogP contribution in [-0.4, -0.2) is 45.7 Å². The number of halogens is 6. The Morgan fingerprint density at radius 3 is 2.15 bits per heavy atom. The van der Waals surface area contributed by atoms with E-state index in [0.717, 1.165) is 68.5 Å². The van der Waals surface area contributed by atoms with Crippen LogP contribution >= 0.6 is 0 Å². The van der Waals surface area contributed by atoms with Crippen LogP contribution in [0.2, 0.25) is 0 Å². The van der Waals surface area contributed by atoms with Crippen molar-refractivity contribution in [3.05, 3.63) is 48.5 Å². The van der Waals surface area contributed by atoms with Gasteiger partial charge >= 0.3 is 12.7 Å². The van der Waals surface area contributed by atoms with Crippen molar-refractivity contribution in [1.29, 1.82) is 0 Å². The summed E-state index contributed by atoms with van der Waals surface area (Å²) in [6.45, 7) is 1.81. The molecule has 1 aliphatic rings. The smallest absolute Gasteiger partial charge is 0.406 e. The van der Waals surface area contributed by atoms with Crippen LogP contribution in [0.4, 0.5) is 32.0 Å². The topological polar surface area (TPSA) is 106 Å². The summed E-state index contributed by atoms with van der Waals surface area (Å²) in [5, 5.41) is 5.69. The molecule has 0 spiro atoms. The van der Waals surface area contributed by atoms with Crippen molar-refractivity contribution in [1.82, 2.24) is 10.0 Å².